The van der Waals surface area contributed by atoms with E-state index < -0.39 is 17.8 Å². The maximum Gasteiger partial charge on any atom is 0.338 e. The fourth-order valence-electron chi connectivity index (χ4n) is 3.05. The van der Waals surface area contributed by atoms with Gasteiger partial charge in [-0.3, -0.25) is 9.59 Å². The summed E-state index contributed by atoms with van der Waals surface area (Å²) in [6.45, 7) is 0. The fraction of sp³-hybridized carbons (Fsp3) is 0.278. The van der Waals surface area contributed by atoms with Crippen LogP contribution in [0.15, 0.2) is 24.3 Å². The number of hydrogen-bond acceptors (Lipinski definition) is 5. The normalized spacial score (nSPS) is 13.0. The molecule has 0 unspecified atom stereocenters. The number of nitrogens with one attached hydrogen (secondary N) is 1. The number of nitrogens with two attached hydrogens (primary N) is 1. The van der Waals surface area contributed by atoms with Gasteiger partial charge in [0.1, 0.15) is 5.00 Å². The highest BCUT2D eigenvalue weighted by atomic mass is 32.1. The van der Waals surface area contributed by atoms with Crippen LogP contribution in [-0.4, -0.2) is 24.9 Å². The lowest BCUT2D eigenvalue weighted by molar-refractivity contribution is 0.0597. The van der Waals surface area contributed by atoms with Gasteiger partial charge in [0, 0.05) is 4.88 Å². The second-order valence-electron chi connectivity index (χ2n) is 5.77. The van der Waals surface area contributed by atoms with Gasteiger partial charge in [0.2, 0.25) is 0 Å². The molecule has 1 aromatic heterocycles. The lowest BCUT2D eigenvalue weighted by Gasteiger charge is -2.11. The standard InChI is InChI=1S/C18H18N2O4S/c1-24-18(23)11-7-3-2-6-10(11)16(22)20-17-14(15(19)21)12-8-4-5-9-13(12)25-17/h2-3,6-7H,4-5,8-9H2,1H3,(H2,19,21)(H,20,22). The van der Waals surface area contributed by atoms with E-state index in [2.05, 4.69) is 5.32 Å². The predicted molar refractivity (Wildman–Crippen MR) is 95.2 cm³/mol. The highest BCUT2D eigenvalue weighted by Gasteiger charge is 2.26. The molecule has 7 heteroatoms. The predicted octanol–water partition coefficient (Wildman–Crippen LogP) is 2.76. The summed E-state index contributed by atoms with van der Waals surface area (Å²) < 4.78 is 4.72. The number of amides is 2. The van der Waals surface area contributed by atoms with Gasteiger partial charge < -0.3 is 15.8 Å². The molecule has 0 fully saturated rings. The Morgan fingerprint density at radius 1 is 1.12 bits per heavy atom. The molecule has 0 radical (unpaired) electrons. The van der Waals surface area contributed by atoms with Gasteiger partial charge >= 0.3 is 5.97 Å². The lowest BCUT2D eigenvalue weighted by atomic mass is 9.95. The first-order valence-corrected chi connectivity index (χ1v) is 8.77. The van der Waals surface area contributed by atoms with Crippen LogP contribution in [-0.2, 0) is 17.6 Å². The van der Waals surface area contributed by atoms with Gasteiger partial charge in [-0.05, 0) is 43.4 Å². The number of ether oxygens (including phenoxy) is 1. The van der Waals surface area contributed by atoms with Crippen molar-refractivity contribution in [3.63, 3.8) is 0 Å². The quantitative estimate of drug-likeness (QED) is 0.821. The summed E-state index contributed by atoms with van der Waals surface area (Å²) in [7, 11) is 1.26. The first-order chi connectivity index (χ1) is 12.0. The number of fused-ring (bicyclic) bond motifs is 1. The first-order valence-electron chi connectivity index (χ1n) is 7.96. The third-order valence-electron chi connectivity index (χ3n) is 4.22. The molecule has 25 heavy (non-hydrogen) atoms. The minimum Gasteiger partial charge on any atom is -0.465 e. The number of methoxy groups -OCH3 is 1. The zero-order chi connectivity index (χ0) is 18.0. The Bertz CT molecular complexity index is 857. The molecule has 1 heterocycles. The zero-order valence-corrected chi connectivity index (χ0v) is 14.6. The molecular weight excluding hydrogens is 340 g/mol. The fourth-order valence-corrected chi connectivity index (χ4v) is 4.34. The molecule has 2 amide bonds. The average Bonchev–Trinajstić information content (AvgIpc) is 2.98. The van der Waals surface area contributed by atoms with Gasteiger partial charge in [0.15, 0.2) is 0 Å². The molecule has 0 spiro atoms. The van der Waals surface area contributed by atoms with Crippen molar-refractivity contribution in [2.75, 3.05) is 12.4 Å². The van der Waals surface area contributed by atoms with Gasteiger partial charge in [-0.2, -0.15) is 0 Å². The molecule has 1 aliphatic rings. The second-order valence-corrected chi connectivity index (χ2v) is 6.88. The van der Waals surface area contributed by atoms with Crippen LogP contribution in [0, 0.1) is 0 Å². The molecule has 2 aromatic rings. The Labute approximate surface area is 149 Å². The summed E-state index contributed by atoms with van der Waals surface area (Å²) in [5.74, 6) is -1.61. The summed E-state index contributed by atoms with van der Waals surface area (Å²) in [5, 5.41) is 3.20. The molecule has 0 atom stereocenters. The number of primary amides is 1. The number of esters is 1. The van der Waals surface area contributed by atoms with Crippen LogP contribution < -0.4 is 11.1 Å². The van der Waals surface area contributed by atoms with E-state index in [1.54, 1.807) is 18.2 Å². The summed E-state index contributed by atoms with van der Waals surface area (Å²) in [6.07, 6.45) is 3.74. The van der Waals surface area contributed by atoms with E-state index >= 15 is 0 Å². The Kier molecular flexibility index (Phi) is 4.85. The number of carbonyl (C=O) groups is 3. The van der Waals surface area contributed by atoms with Crippen molar-refractivity contribution in [1.82, 2.24) is 0 Å². The highest BCUT2D eigenvalue weighted by Crippen LogP contribution is 2.38. The van der Waals surface area contributed by atoms with Gasteiger partial charge in [-0.25, -0.2) is 4.79 Å². The molecule has 6 nitrogen and oxygen atoms in total. The van der Waals surface area contributed by atoms with Crippen LogP contribution in [0.25, 0.3) is 0 Å². The van der Waals surface area contributed by atoms with Crippen molar-refractivity contribution in [1.29, 1.82) is 0 Å². The van der Waals surface area contributed by atoms with E-state index in [0.717, 1.165) is 36.1 Å². The van der Waals surface area contributed by atoms with Crippen LogP contribution in [0.1, 0.15) is 54.4 Å². The van der Waals surface area contributed by atoms with Crippen LogP contribution in [0.4, 0.5) is 5.00 Å². The molecule has 0 bridgehead atoms. The van der Waals surface area contributed by atoms with Gasteiger partial charge in [0.25, 0.3) is 11.8 Å². The van der Waals surface area contributed by atoms with Crippen molar-refractivity contribution in [3.8, 4) is 0 Å². The van der Waals surface area contributed by atoms with Crippen LogP contribution in [0.2, 0.25) is 0 Å². The van der Waals surface area contributed by atoms with Crippen LogP contribution >= 0.6 is 11.3 Å². The second kappa shape index (κ2) is 7.06. The third-order valence-corrected chi connectivity index (χ3v) is 5.43. The molecule has 0 saturated carbocycles. The number of hydrogen-bond donors (Lipinski definition) is 2. The van der Waals surface area contributed by atoms with Crippen molar-refractivity contribution >= 4 is 34.1 Å². The number of rotatable bonds is 4. The van der Waals surface area contributed by atoms with Crippen LogP contribution in [0.3, 0.4) is 0 Å². The lowest BCUT2D eigenvalue weighted by Crippen LogP contribution is -2.20. The molecule has 0 aliphatic heterocycles. The zero-order valence-electron chi connectivity index (χ0n) is 13.8. The van der Waals surface area contributed by atoms with E-state index in [1.807, 2.05) is 0 Å². The maximum atomic E-state index is 12.7. The Balaban J connectivity index is 1.96. The van der Waals surface area contributed by atoms with E-state index in [1.165, 1.54) is 24.5 Å². The number of benzene rings is 1. The Morgan fingerprint density at radius 3 is 2.48 bits per heavy atom. The minimum atomic E-state index is -0.591. The SMILES string of the molecule is COC(=O)c1ccccc1C(=O)Nc1sc2c(c1C(N)=O)CCCC2. The van der Waals surface area contributed by atoms with E-state index in [9.17, 15) is 14.4 Å². The summed E-state index contributed by atoms with van der Waals surface area (Å²) >= 11 is 1.38. The monoisotopic (exact) mass is 358 g/mol. The van der Waals surface area contributed by atoms with Crippen molar-refractivity contribution < 1.29 is 19.1 Å². The molecule has 1 aliphatic carbocycles. The number of thiophene rings is 1. The number of carbonyl (C=O) groups excluding carboxylic acids is 3. The summed E-state index contributed by atoms with van der Waals surface area (Å²) in [6, 6.07) is 6.38. The first kappa shape index (κ1) is 17.2. The van der Waals surface area contributed by atoms with E-state index in [0.29, 0.717) is 10.6 Å². The average molecular weight is 358 g/mol. The topological polar surface area (TPSA) is 98.5 Å². The Hall–Kier alpha value is -2.67. The van der Waals surface area contributed by atoms with E-state index in [4.69, 9.17) is 10.5 Å². The minimum absolute atomic E-state index is 0.171. The molecule has 130 valence electrons. The Morgan fingerprint density at radius 2 is 1.80 bits per heavy atom. The van der Waals surface area contributed by atoms with E-state index in [-0.39, 0.29) is 11.1 Å². The van der Waals surface area contributed by atoms with Gasteiger partial charge in [0.05, 0.1) is 23.8 Å². The highest BCUT2D eigenvalue weighted by molar-refractivity contribution is 7.17. The summed E-state index contributed by atoms with van der Waals surface area (Å²) in [4.78, 5) is 37.5. The van der Waals surface area contributed by atoms with Crippen LogP contribution in [0.5, 0.6) is 0 Å². The smallest absolute Gasteiger partial charge is 0.338 e. The number of aryl methyl sites for hydroxylation is 1. The molecule has 0 saturated heterocycles. The molecular formula is C18H18N2O4S. The van der Waals surface area contributed by atoms with Crippen molar-refractivity contribution in [2.45, 2.75) is 25.7 Å². The maximum absolute atomic E-state index is 12.7. The number of anilines is 1. The van der Waals surface area contributed by atoms with Crippen molar-refractivity contribution in [3.05, 3.63) is 51.4 Å². The van der Waals surface area contributed by atoms with Gasteiger partial charge in [-0.1, -0.05) is 12.1 Å². The van der Waals surface area contributed by atoms with Gasteiger partial charge in [-0.15, -0.1) is 11.3 Å². The summed E-state index contributed by atoms with van der Waals surface area (Å²) in [5.41, 5.74) is 7.24. The molecule has 3 rings (SSSR count). The largest absolute Gasteiger partial charge is 0.465 e. The third kappa shape index (κ3) is 3.28. The van der Waals surface area contributed by atoms with Crippen molar-refractivity contribution in [2.24, 2.45) is 5.73 Å². The molecule has 1 aromatic carbocycles. The molecule has 3 N–H and O–H groups in total.